The molecule has 23 heavy (non-hydrogen) atoms. The molecule has 1 amide bonds. The zero-order valence-corrected chi connectivity index (χ0v) is 14.7. The third-order valence-corrected chi connectivity index (χ3v) is 4.24. The number of amides is 1. The molecule has 0 aliphatic rings. The second kappa shape index (κ2) is 8.00. The zero-order chi connectivity index (χ0) is 16.8. The lowest BCUT2D eigenvalue weighted by Crippen LogP contribution is -2.28. The first-order valence-electron chi connectivity index (χ1n) is 8.60. The van der Waals surface area contributed by atoms with Crippen molar-refractivity contribution < 1.29 is 9.21 Å². The molecule has 0 fully saturated rings. The van der Waals surface area contributed by atoms with Crippen molar-refractivity contribution in [3.8, 4) is 0 Å². The predicted molar refractivity (Wildman–Crippen MR) is 96.4 cm³/mol. The molecular weight excluding hydrogens is 286 g/mol. The molecule has 0 radical (unpaired) electrons. The van der Waals surface area contributed by atoms with Gasteiger partial charge in [-0.3, -0.25) is 4.79 Å². The van der Waals surface area contributed by atoms with Crippen molar-refractivity contribution >= 4 is 22.4 Å². The summed E-state index contributed by atoms with van der Waals surface area (Å²) in [5, 5.41) is 1.10. The monoisotopic (exact) mass is 313 g/mol. The molecule has 0 atom stereocenters. The molecule has 1 aromatic heterocycles. The van der Waals surface area contributed by atoms with E-state index in [2.05, 4.69) is 13.0 Å². The van der Waals surface area contributed by atoms with Crippen molar-refractivity contribution in [3.63, 3.8) is 0 Å². The molecule has 0 saturated heterocycles. The number of allylic oxidation sites excluding steroid dienone is 1. The first-order valence-corrected chi connectivity index (χ1v) is 8.60. The molecule has 124 valence electrons. The van der Waals surface area contributed by atoms with Crippen LogP contribution in [-0.2, 0) is 11.2 Å². The van der Waals surface area contributed by atoms with Gasteiger partial charge in [0.25, 0.3) is 0 Å². The van der Waals surface area contributed by atoms with Crippen LogP contribution in [0.5, 0.6) is 0 Å². The van der Waals surface area contributed by atoms with Crippen molar-refractivity contribution in [2.45, 2.75) is 47.0 Å². The molecular formula is C20H27NO2. The van der Waals surface area contributed by atoms with Crippen molar-refractivity contribution in [2.75, 3.05) is 13.1 Å². The summed E-state index contributed by atoms with van der Waals surface area (Å²) in [5.41, 5.74) is 2.98. The molecule has 3 nitrogen and oxygen atoms in total. The number of fused-ring (bicyclic) bond motifs is 1. The first-order chi connectivity index (χ1) is 11.1. The highest BCUT2D eigenvalue weighted by molar-refractivity contribution is 6.00. The number of aryl methyl sites for hydroxylation is 1. The van der Waals surface area contributed by atoms with Gasteiger partial charge in [0.2, 0.25) is 5.91 Å². The normalized spacial score (nSPS) is 11.9. The van der Waals surface area contributed by atoms with E-state index >= 15 is 0 Å². The Bertz CT molecular complexity index is 693. The Kier molecular flexibility index (Phi) is 6.03. The lowest BCUT2D eigenvalue weighted by Gasteiger charge is -2.16. The minimum absolute atomic E-state index is 0.0687. The van der Waals surface area contributed by atoms with Gasteiger partial charge < -0.3 is 9.32 Å². The quantitative estimate of drug-likeness (QED) is 0.670. The number of para-hydroxylation sites is 1. The Labute approximate surface area is 139 Å². The van der Waals surface area contributed by atoms with Gasteiger partial charge >= 0.3 is 0 Å². The van der Waals surface area contributed by atoms with E-state index in [0.717, 1.165) is 60.2 Å². The number of hydrogen-bond donors (Lipinski definition) is 0. The number of nitrogens with zero attached hydrogens (tertiary/aromatic N) is 1. The van der Waals surface area contributed by atoms with Crippen LogP contribution in [0.3, 0.4) is 0 Å². The topological polar surface area (TPSA) is 33.5 Å². The molecule has 2 aromatic rings. The molecule has 0 unspecified atom stereocenters. The van der Waals surface area contributed by atoms with Gasteiger partial charge in [-0.1, -0.05) is 31.5 Å². The molecule has 0 aliphatic carbocycles. The third-order valence-electron chi connectivity index (χ3n) is 4.24. The first kappa shape index (κ1) is 17.3. The van der Waals surface area contributed by atoms with E-state index < -0.39 is 0 Å². The summed E-state index contributed by atoms with van der Waals surface area (Å²) in [7, 11) is 0. The Morgan fingerprint density at radius 2 is 1.87 bits per heavy atom. The Hall–Kier alpha value is -2.03. The predicted octanol–water partition coefficient (Wildman–Crippen LogP) is 5.05. The summed E-state index contributed by atoms with van der Waals surface area (Å²) in [6, 6.07) is 8.07. The lowest BCUT2D eigenvalue weighted by molar-refractivity contribution is -0.125. The average Bonchev–Trinajstić information content (AvgIpc) is 2.92. The number of hydrogen-bond acceptors (Lipinski definition) is 2. The number of unbranched alkanes of at least 4 members (excludes halogenated alkanes) is 1. The molecule has 0 saturated carbocycles. The second-order valence-electron chi connectivity index (χ2n) is 5.84. The van der Waals surface area contributed by atoms with Crippen molar-refractivity contribution in [1.29, 1.82) is 0 Å². The van der Waals surface area contributed by atoms with E-state index in [-0.39, 0.29) is 5.91 Å². The van der Waals surface area contributed by atoms with Gasteiger partial charge in [0, 0.05) is 36.5 Å². The van der Waals surface area contributed by atoms with Crippen molar-refractivity contribution in [3.05, 3.63) is 41.7 Å². The fraction of sp³-hybridized carbons (Fsp3) is 0.450. The zero-order valence-electron chi connectivity index (χ0n) is 14.7. The fourth-order valence-electron chi connectivity index (χ4n) is 2.93. The van der Waals surface area contributed by atoms with Crippen LogP contribution in [0, 0.1) is 0 Å². The molecule has 0 bridgehead atoms. The Balaban J connectivity index is 2.45. The van der Waals surface area contributed by atoms with Gasteiger partial charge in [-0.2, -0.15) is 0 Å². The fourth-order valence-corrected chi connectivity index (χ4v) is 2.93. The summed E-state index contributed by atoms with van der Waals surface area (Å²) in [6.07, 6.45) is 4.87. The van der Waals surface area contributed by atoms with Gasteiger partial charge in [-0.25, -0.2) is 0 Å². The van der Waals surface area contributed by atoms with Gasteiger partial charge in [0.15, 0.2) is 0 Å². The number of likely N-dealkylation sites (N-methyl/N-ethyl adjacent to an activating group) is 1. The Morgan fingerprint density at radius 3 is 2.52 bits per heavy atom. The minimum atomic E-state index is 0.0687. The highest BCUT2D eigenvalue weighted by Crippen LogP contribution is 2.32. The van der Waals surface area contributed by atoms with E-state index in [0.29, 0.717) is 0 Å². The smallest absolute Gasteiger partial charge is 0.246 e. The van der Waals surface area contributed by atoms with Crippen molar-refractivity contribution in [1.82, 2.24) is 4.90 Å². The second-order valence-corrected chi connectivity index (χ2v) is 5.84. The van der Waals surface area contributed by atoms with Crippen molar-refractivity contribution in [2.24, 2.45) is 0 Å². The highest BCUT2D eigenvalue weighted by Gasteiger charge is 2.16. The summed E-state index contributed by atoms with van der Waals surface area (Å²) in [4.78, 5) is 14.2. The molecule has 1 aromatic carbocycles. The molecule has 0 spiro atoms. The molecule has 0 aliphatic heterocycles. The number of benzene rings is 1. The summed E-state index contributed by atoms with van der Waals surface area (Å²) in [6.45, 7) is 9.65. The standard InChI is InChI=1S/C20H27NO2/c1-5-8-12-18-20(16-11-9-10-13-17(16)23-18)15(4)14-19(22)21(6-2)7-3/h9-11,13-14H,5-8,12H2,1-4H3/b15-14+. The van der Waals surface area contributed by atoms with Crippen LogP contribution >= 0.6 is 0 Å². The van der Waals surface area contributed by atoms with E-state index in [4.69, 9.17) is 4.42 Å². The van der Waals surface area contributed by atoms with Gasteiger partial charge in [0.1, 0.15) is 11.3 Å². The number of rotatable bonds is 7. The van der Waals surface area contributed by atoms with E-state index in [1.165, 1.54) is 0 Å². The molecule has 1 heterocycles. The average molecular weight is 313 g/mol. The van der Waals surface area contributed by atoms with Crippen LogP contribution in [0.2, 0.25) is 0 Å². The van der Waals surface area contributed by atoms with Gasteiger partial charge in [0.05, 0.1) is 0 Å². The van der Waals surface area contributed by atoms with Crippen LogP contribution in [0.4, 0.5) is 0 Å². The molecule has 3 heteroatoms. The largest absolute Gasteiger partial charge is 0.460 e. The van der Waals surface area contributed by atoms with Crippen LogP contribution in [0.15, 0.2) is 34.8 Å². The Morgan fingerprint density at radius 1 is 1.17 bits per heavy atom. The minimum Gasteiger partial charge on any atom is -0.460 e. The van der Waals surface area contributed by atoms with Gasteiger partial charge in [-0.05, 0) is 38.8 Å². The third kappa shape index (κ3) is 3.84. The van der Waals surface area contributed by atoms with Crippen LogP contribution < -0.4 is 0 Å². The number of carbonyl (C=O) groups is 1. The van der Waals surface area contributed by atoms with Crippen LogP contribution in [0.25, 0.3) is 16.5 Å². The maximum absolute atomic E-state index is 12.4. The lowest BCUT2D eigenvalue weighted by atomic mass is 10.0. The highest BCUT2D eigenvalue weighted by atomic mass is 16.3. The maximum Gasteiger partial charge on any atom is 0.246 e. The summed E-state index contributed by atoms with van der Waals surface area (Å²) < 4.78 is 6.05. The summed E-state index contributed by atoms with van der Waals surface area (Å²) >= 11 is 0. The van der Waals surface area contributed by atoms with Crippen LogP contribution in [-0.4, -0.2) is 23.9 Å². The molecule has 0 N–H and O–H groups in total. The van der Waals surface area contributed by atoms with Crippen LogP contribution in [0.1, 0.15) is 51.9 Å². The number of furan rings is 1. The number of carbonyl (C=O) groups excluding carboxylic acids is 1. The molecule has 2 rings (SSSR count). The van der Waals surface area contributed by atoms with E-state index in [9.17, 15) is 4.79 Å². The maximum atomic E-state index is 12.4. The van der Waals surface area contributed by atoms with Gasteiger partial charge in [-0.15, -0.1) is 0 Å². The van der Waals surface area contributed by atoms with E-state index in [1.807, 2.05) is 43.9 Å². The summed E-state index contributed by atoms with van der Waals surface area (Å²) in [5.74, 6) is 1.06. The van der Waals surface area contributed by atoms with E-state index in [1.54, 1.807) is 6.08 Å². The SMILES string of the molecule is CCCCc1oc2ccccc2c1/C(C)=C/C(=O)N(CC)CC.